The molecule has 0 atom stereocenters. The van der Waals surface area contributed by atoms with Crippen molar-refractivity contribution >= 4 is 17.5 Å². The zero-order chi connectivity index (χ0) is 30.2. The Kier molecular flexibility index (Phi) is 8.16. The first kappa shape index (κ1) is 30.0. The largest absolute Gasteiger partial charge is 0.437 e. The van der Waals surface area contributed by atoms with Gasteiger partial charge in [0.1, 0.15) is 17.3 Å². The van der Waals surface area contributed by atoms with Crippen LogP contribution in [0.3, 0.4) is 0 Å². The zero-order valence-corrected chi connectivity index (χ0v) is 22.1. The summed E-state index contributed by atoms with van der Waals surface area (Å²) in [5.41, 5.74) is -5.46. The molecule has 2 heterocycles. The van der Waals surface area contributed by atoms with Gasteiger partial charge < -0.3 is 19.3 Å². The molecule has 1 saturated heterocycles. The van der Waals surface area contributed by atoms with Gasteiger partial charge in [0, 0.05) is 20.1 Å². The lowest BCUT2D eigenvalue weighted by Gasteiger charge is -2.32. The molecule has 14 heteroatoms. The van der Waals surface area contributed by atoms with E-state index in [2.05, 4.69) is 9.97 Å². The maximum absolute atomic E-state index is 13.7. The van der Waals surface area contributed by atoms with E-state index in [-0.39, 0.29) is 29.3 Å². The fourth-order valence-corrected chi connectivity index (χ4v) is 4.15. The molecule has 7 nitrogen and oxygen atoms in total. The van der Waals surface area contributed by atoms with Crippen molar-refractivity contribution in [3.05, 3.63) is 71.2 Å². The molecule has 0 saturated carbocycles. The molecule has 0 radical (unpaired) electrons. The highest BCUT2D eigenvalue weighted by Crippen LogP contribution is 2.40. The van der Waals surface area contributed by atoms with Crippen molar-refractivity contribution in [3.8, 4) is 11.6 Å². The molecule has 1 aliphatic heterocycles. The summed E-state index contributed by atoms with van der Waals surface area (Å²) in [6.07, 6.45) is -8.90. The average Bonchev–Trinajstić information content (AvgIpc) is 2.92. The number of carbonyl (C=O) groups excluding carboxylic acids is 1. The number of amides is 1. The lowest BCUT2D eigenvalue weighted by molar-refractivity contribution is -0.143. The third-order valence-corrected chi connectivity index (χ3v) is 6.56. The smallest absolute Gasteiger partial charge is 0.416 e. The molecule has 41 heavy (non-hydrogen) atoms. The number of aromatic nitrogens is 2. The number of likely N-dealkylation sites (N-methyl/N-ethyl adjacent to an activating group) is 1. The molecule has 3 aromatic rings. The van der Waals surface area contributed by atoms with Crippen LogP contribution in [-0.4, -0.2) is 49.2 Å². The Balaban J connectivity index is 1.75. The number of hydrogen-bond acceptors (Lipinski definition) is 6. The summed E-state index contributed by atoms with van der Waals surface area (Å²) in [5.74, 6) is -1.13. The number of carbonyl (C=O) groups is 1. The van der Waals surface area contributed by atoms with Gasteiger partial charge in [0.2, 0.25) is 17.7 Å². The highest BCUT2D eigenvalue weighted by atomic mass is 19.4. The van der Waals surface area contributed by atoms with E-state index in [9.17, 15) is 35.5 Å². The van der Waals surface area contributed by atoms with Crippen molar-refractivity contribution in [1.29, 1.82) is 0 Å². The van der Waals surface area contributed by atoms with Gasteiger partial charge in [-0.1, -0.05) is 0 Å². The van der Waals surface area contributed by atoms with Gasteiger partial charge in [0.15, 0.2) is 0 Å². The molecular weight excluding hydrogens is 561 g/mol. The summed E-state index contributed by atoms with van der Waals surface area (Å²) in [7, 11) is 1.27. The van der Waals surface area contributed by atoms with E-state index in [0.717, 1.165) is 17.0 Å². The van der Waals surface area contributed by atoms with E-state index in [0.29, 0.717) is 38.4 Å². The fraction of sp³-hybridized carbons (Fsp3) is 0.370. The number of anilines is 2. The van der Waals surface area contributed by atoms with Crippen LogP contribution in [0.4, 0.5) is 42.4 Å². The van der Waals surface area contributed by atoms with E-state index >= 15 is 0 Å². The number of benzene rings is 2. The molecule has 1 aromatic heterocycles. The lowest BCUT2D eigenvalue weighted by atomic mass is 9.81. The van der Waals surface area contributed by atoms with Crippen LogP contribution in [0.25, 0.3) is 0 Å². The number of nitrogens with zero attached hydrogens (tertiary/aromatic N) is 4. The summed E-state index contributed by atoms with van der Waals surface area (Å²) >= 11 is 0. The van der Waals surface area contributed by atoms with E-state index in [4.69, 9.17) is 9.47 Å². The molecule has 4 rings (SSSR count). The molecule has 0 bridgehead atoms. The monoisotopic (exact) mass is 586 g/mol. The Morgan fingerprint density at radius 3 is 2.00 bits per heavy atom. The number of rotatable bonds is 6. The molecule has 2 aromatic carbocycles. The van der Waals surface area contributed by atoms with E-state index in [1.54, 1.807) is 4.90 Å². The first-order valence-electron chi connectivity index (χ1n) is 12.3. The Morgan fingerprint density at radius 1 is 0.927 bits per heavy atom. The molecule has 0 unspecified atom stereocenters. The van der Waals surface area contributed by atoms with Crippen molar-refractivity contribution in [2.75, 3.05) is 43.2 Å². The predicted molar refractivity (Wildman–Crippen MR) is 134 cm³/mol. The third kappa shape index (κ3) is 6.69. The minimum absolute atomic E-state index is 0.000605. The molecule has 1 fully saturated rings. The maximum Gasteiger partial charge on any atom is 0.416 e. The quantitative estimate of drug-likeness (QED) is 0.320. The van der Waals surface area contributed by atoms with E-state index in [1.165, 1.54) is 39.2 Å². The van der Waals surface area contributed by atoms with Crippen LogP contribution in [0, 0.1) is 5.82 Å². The topological polar surface area (TPSA) is 67.8 Å². The Morgan fingerprint density at radius 2 is 1.46 bits per heavy atom. The molecular formula is C27H25F7N4O3. The van der Waals surface area contributed by atoms with Gasteiger partial charge in [0.05, 0.1) is 36.0 Å². The third-order valence-electron chi connectivity index (χ3n) is 6.56. The Bertz CT molecular complexity index is 1370. The molecule has 0 spiro atoms. The van der Waals surface area contributed by atoms with E-state index in [1.807, 2.05) is 0 Å². The van der Waals surface area contributed by atoms with Gasteiger partial charge in [-0.05, 0) is 61.9 Å². The molecule has 1 amide bonds. The van der Waals surface area contributed by atoms with Crippen LogP contribution in [-0.2, 0) is 27.3 Å². The van der Waals surface area contributed by atoms with Crippen LogP contribution >= 0.6 is 0 Å². The zero-order valence-electron chi connectivity index (χ0n) is 22.1. The van der Waals surface area contributed by atoms with Gasteiger partial charge >= 0.3 is 12.4 Å². The minimum atomic E-state index is -5.08. The van der Waals surface area contributed by atoms with Crippen LogP contribution in [0.1, 0.15) is 30.5 Å². The standard InChI is InChI=1S/C27H25F7N4O3/c1-25(2,16-12-17(26(29,30)31)14-18(13-16)27(32,33)34)23(39)37(3)21-15-35-24(38-8-10-40-11-9-38)36-22(21)41-20-6-4-19(28)5-7-20/h4-7,12-15H,8-11H2,1-3H3. The van der Waals surface area contributed by atoms with Crippen molar-refractivity contribution in [2.45, 2.75) is 31.6 Å². The summed E-state index contributed by atoms with van der Waals surface area (Å²) in [5, 5.41) is 0. The molecule has 1 aliphatic rings. The van der Waals surface area contributed by atoms with E-state index < -0.39 is 46.2 Å². The van der Waals surface area contributed by atoms with Crippen LogP contribution in [0.15, 0.2) is 48.7 Å². The number of halogens is 7. The van der Waals surface area contributed by atoms with Gasteiger partial charge in [-0.25, -0.2) is 9.37 Å². The summed E-state index contributed by atoms with van der Waals surface area (Å²) in [4.78, 5) is 25.2. The van der Waals surface area contributed by atoms with Crippen molar-refractivity contribution in [2.24, 2.45) is 0 Å². The molecule has 0 N–H and O–H groups in total. The second-order valence-corrected chi connectivity index (χ2v) is 9.80. The molecule has 0 aliphatic carbocycles. The molecule has 220 valence electrons. The summed E-state index contributed by atoms with van der Waals surface area (Å²) < 4.78 is 106. The van der Waals surface area contributed by atoms with Gasteiger partial charge in [-0.2, -0.15) is 31.3 Å². The number of alkyl halides is 6. The second kappa shape index (κ2) is 11.1. The van der Waals surface area contributed by atoms with Crippen LogP contribution in [0.2, 0.25) is 0 Å². The number of ether oxygens (including phenoxy) is 2. The van der Waals surface area contributed by atoms with Gasteiger partial charge in [-0.3, -0.25) is 4.79 Å². The summed E-state index contributed by atoms with van der Waals surface area (Å²) in [6, 6.07) is 5.97. The first-order valence-corrected chi connectivity index (χ1v) is 12.3. The first-order chi connectivity index (χ1) is 19.1. The normalized spacial score (nSPS) is 14.6. The van der Waals surface area contributed by atoms with Crippen molar-refractivity contribution < 1.29 is 45.0 Å². The van der Waals surface area contributed by atoms with Crippen LogP contribution in [0.5, 0.6) is 11.6 Å². The fourth-order valence-electron chi connectivity index (χ4n) is 4.15. The van der Waals surface area contributed by atoms with Crippen molar-refractivity contribution in [1.82, 2.24) is 9.97 Å². The minimum Gasteiger partial charge on any atom is -0.437 e. The highest BCUT2D eigenvalue weighted by Gasteiger charge is 2.41. The Labute approximate surface area is 230 Å². The van der Waals surface area contributed by atoms with Crippen LogP contribution < -0.4 is 14.5 Å². The van der Waals surface area contributed by atoms with Gasteiger partial charge in [0.25, 0.3) is 0 Å². The summed E-state index contributed by atoms with van der Waals surface area (Å²) in [6.45, 7) is 4.20. The highest BCUT2D eigenvalue weighted by molar-refractivity contribution is 6.01. The number of hydrogen-bond donors (Lipinski definition) is 0. The number of morpholine rings is 1. The lowest BCUT2D eigenvalue weighted by Crippen LogP contribution is -2.42. The average molecular weight is 587 g/mol. The maximum atomic E-state index is 13.7. The van der Waals surface area contributed by atoms with Gasteiger partial charge in [-0.15, -0.1) is 0 Å². The Hall–Kier alpha value is -3.94. The van der Waals surface area contributed by atoms with Crippen molar-refractivity contribution in [3.63, 3.8) is 0 Å². The SMILES string of the molecule is CN(C(=O)C(C)(C)c1cc(C(F)(F)F)cc(C(F)(F)F)c1)c1cnc(N2CCOCC2)nc1Oc1ccc(F)cc1. The second-order valence-electron chi connectivity index (χ2n) is 9.80. The predicted octanol–water partition coefficient (Wildman–Crippen LogP) is 6.22.